The molecule has 0 aliphatic carbocycles. The fraction of sp³-hybridized carbons (Fsp3) is 0.346. The Morgan fingerprint density at radius 1 is 1.03 bits per heavy atom. The first-order chi connectivity index (χ1) is 15.4. The van der Waals surface area contributed by atoms with E-state index in [1.165, 1.54) is 4.57 Å². The normalized spacial score (nSPS) is 12.0. The average molecular weight is 435 g/mol. The number of hydrogen-bond acceptors (Lipinski definition) is 3. The summed E-state index contributed by atoms with van der Waals surface area (Å²) in [6.45, 7) is 6.49. The second-order valence-electron chi connectivity index (χ2n) is 8.15. The van der Waals surface area contributed by atoms with Crippen molar-refractivity contribution >= 4 is 11.9 Å². The molecule has 0 saturated carbocycles. The minimum atomic E-state index is -0.969. The SMILES string of the molecule is CCCCC(=O)n1cc(C(C)CC)n(Cc2ccc(-c3ccccc3C(=O)O)cc2)c1=O. The van der Waals surface area contributed by atoms with Crippen molar-refractivity contribution in [3.05, 3.63) is 82.0 Å². The van der Waals surface area contributed by atoms with Crippen LogP contribution in [0.15, 0.2) is 59.5 Å². The minimum absolute atomic E-state index is 0.143. The first-order valence-electron chi connectivity index (χ1n) is 11.1. The van der Waals surface area contributed by atoms with Crippen molar-refractivity contribution in [1.29, 1.82) is 0 Å². The zero-order chi connectivity index (χ0) is 23.3. The number of aromatic nitrogens is 2. The van der Waals surface area contributed by atoms with Crippen LogP contribution in [0.25, 0.3) is 11.1 Å². The molecule has 0 amide bonds. The Morgan fingerprint density at radius 2 is 1.72 bits per heavy atom. The number of aromatic carboxylic acids is 1. The van der Waals surface area contributed by atoms with Crippen LogP contribution in [-0.4, -0.2) is 26.1 Å². The van der Waals surface area contributed by atoms with E-state index in [0.29, 0.717) is 18.5 Å². The third-order valence-electron chi connectivity index (χ3n) is 5.90. The smallest absolute Gasteiger partial charge is 0.336 e. The molecule has 3 aromatic rings. The lowest BCUT2D eigenvalue weighted by molar-refractivity contribution is 0.0697. The zero-order valence-electron chi connectivity index (χ0n) is 18.9. The van der Waals surface area contributed by atoms with Crippen molar-refractivity contribution in [1.82, 2.24) is 9.13 Å². The number of rotatable bonds is 9. The molecule has 6 heteroatoms. The van der Waals surface area contributed by atoms with Gasteiger partial charge in [0, 0.05) is 18.3 Å². The van der Waals surface area contributed by atoms with Gasteiger partial charge in [0.05, 0.1) is 12.1 Å². The monoisotopic (exact) mass is 434 g/mol. The van der Waals surface area contributed by atoms with Crippen LogP contribution in [0.4, 0.5) is 0 Å². The molecule has 0 saturated heterocycles. The maximum atomic E-state index is 13.1. The number of carboxylic acid groups (broad SMARTS) is 1. The Labute approximate surface area is 188 Å². The summed E-state index contributed by atoms with van der Waals surface area (Å²) in [6.07, 6.45) is 4.58. The molecular weight excluding hydrogens is 404 g/mol. The van der Waals surface area contributed by atoms with E-state index in [2.05, 4.69) is 13.8 Å². The van der Waals surface area contributed by atoms with Crippen molar-refractivity contribution in [3.8, 4) is 11.1 Å². The van der Waals surface area contributed by atoms with E-state index >= 15 is 0 Å². The van der Waals surface area contributed by atoms with Crippen LogP contribution in [0.5, 0.6) is 0 Å². The molecule has 1 aromatic heterocycles. The Hall–Kier alpha value is -3.41. The lowest BCUT2D eigenvalue weighted by Gasteiger charge is -2.13. The third-order valence-corrected chi connectivity index (χ3v) is 5.90. The zero-order valence-corrected chi connectivity index (χ0v) is 18.9. The number of hydrogen-bond donors (Lipinski definition) is 1. The lowest BCUT2D eigenvalue weighted by atomic mass is 9.98. The number of imidazole rings is 1. The molecule has 6 nitrogen and oxygen atoms in total. The van der Waals surface area contributed by atoms with Crippen molar-refractivity contribution in [2.45, 2.75) is 58.9 Å². The van der Waals surface area contributed by atoms with Gasteiger partial charge in [-0.1, -0.05) is 69.7 Å². The maximum absolute atomic E-state index is 13.1. The predicted octanol–water partition coefficient (Wildman–Crippen LogP) is 5.41. The summed E-state index contributed by atoms with van der Waals surface area (Å²) >= 11 is 0. The fourth-order valence-electron chi connectivity index (χ4n) is 3.78. The van der Waals surface area contributed by atoms with E-state index in [0.717, 1.165) is 36.1 Å². The number of carbonyl (C=O) groups is 2. The van der Waals surface area contributed by atoms with E-state index in [1.54, 1.807) is 29.0 Å². The van der Waals surface area contributed by atoms with Crippen LogP contribution in [-0.2, 0) is 6.54 Å². The summed E-state index contributed by atoms with van der Waals surface area (Å²) in [5.74, 6) is -0.992. The van der Waals surface area contributed by atoms with Crippen molar-refractivity contribution < 1.29 is 14.7 Å². The third kappa shape index (κ3) is 4.90. The van der Waals surface area contributed by atoms with Gasteiger partial charge in [0.2, 0.25) is 5.91 Å². The van der Waals surface area contributed by atoms with Gasteiger partial charge in [-0.05, 0) is 41.5 Å². The molecule has 0 radical (unpaired) electrons. The molecule has 168 valence electrons. The molecule has 0 aliphatic rings. The second-order valence-corrected chi connectivity index (χ2v) is 8.15. The maximum Gasteiger partial charge on any atom is 0.336 e. The quantitative estimate of drug-likeness (QED) is 0.488. The molecule has 0 fully saturated rings. The van der Waals surface area contributed by atoms with Gasteiger partial charge in [0.15, 0.2) is 0 Å². The number of unbranched alkanes of at least 4 members (excludes halogenated alkanes) is 1. The predicted molar refractivity (Wildman–Crippen MR) is 125 cm³/mol. The van der Waals surface area contributed by atoms with Crippen LogP contribution in [0, 0.1) is 0 Å². The summed E-state index contributed by atoms with van der Waals surface area (Å²) in [7, 11) is 0. The Bertz CT molecular complexity index is 1160. The molecular formula is C26H30N2O4. The highest BCUT2D eigenvalue weighted by Gasteiger charge is 2.19. The molecule has 1 atom stereocenters. The fourth-order valence-corrected chi connectivity index (χ4v) is 3.78. The van der Waals surface area contributed by atoms with Gasteiger partial charge in [0.25, 0.3) is 0 Å². The standard InChI is InChI=1S/C26H30N2O4/c1-4-6-11-24(29)28-17-23(18(3)5-2)27(26(28)32)16-19-12-14-20(15-13-19)21-9-7-8-10-22(21)25(30)31/h7-10,12-15,17-18H,4-6,11,16H2,1-3H3,(H,30,31). The highest BCUT2D eigenvalue weighted by atomic mass is 16.4. The highest BCUT2D eigenvalue weighted by molar-refractivity contribution is 5.96. The number of carboxylic acids is 1. The van der Waals surface area contributed by atoms with Gasteiger partial charge in [0.1, 0.15) is 0 Å². The summed E-state index contributed by atoms with van der Waals surface area (Å²) in [5.41, 5.74) is 3.15. The van der Waals surface area contributed by atoms with Gasteiger partial charge < -0.3 is 5.11 Å². The van der Waals surface area contributed by atoms with E-state index in [1.807, 2.05) is 37.3 Å². The molecule has 1 unspecified atom stereocenters. The van der Waals surface area contributed by atoms with Gasteiger partial charge in [-0.2, -0.15) is 0 Å². The van der Waals surface area contributed by atoms with E-state index < -0.39 is 5.97 Å². The van der Waals surface area contributed by atoms with Gasteiger partial charge in [-0.25, -0.2) is 14.2 Å². The molecule has 0 spiro atoms. The molecule has 1 heterocycles. The van der Waals surface area contributed by atoms with Crippen molar-refractivity contribution in [2.75, 3.05) is 0 Å². The molecule has 32 heavy (non-hydrogen) atoms. The highest BCUT2D eigenvalue weighted by Crippen LogP contribution is 2.25. The summed E-state index contributed by atoms with van der Waals surface area (Å²) in [6, 6.07) is 14.4. The lowest BCUT2D eigenvalue weighted by Crippen LogP contribution is -2.29. The Kier molecular flexibility index (Phi) is 7.46. The summed E-state index contributed by atoms with van der Waals surface area (Å²) < 4.78 is 2.94. The molecule has 1 N–H and O–H groups in total. The van der Waals surface area contributed by atoms with Crippen LogP contribution in [0.1, 0.15) is 78.8 Å². The summed E-state index contributed by atoms with van der Waals surface area (Å²) in [4.78, 5) is 37.1. The van der Waals surface area contributed by atoms with E-state index in [-0.39, 0.29) is 23.1 Å². The van der Waals surface area contributed by atoms with Gasteiger partial charge >= 0.3 is 11.7 Å². The Balaban J connectivity index is 1.93. The van der Waals surface area contributed by atoms with Crippen molar-refractivity contribution in [2.24, 2.45) is 0 Å². The first kappa shape index (κ1) is 23.3. The minimum Gasteiger partial charge on any atom is -0.478 e. The number of nitrogens with zero attached hydrogens (tertiary/aromatic N) is 2. The topological polar surface area (TPSA) is 81.3 Å². The largest absolute Gasteiger partial charge is 0.478 e. The van der Waals surface area contributed by atoms with Crippen LogP contribution < -0.4 is 5.69 Å². The van der Waals surface area contributed by atoms with Crippen LogP contribution in [0.3, 0.4) is 0 Å². The van der Waals surface area contributed by atoms with E-state index in [4.69, 9.17) is 0 Å². The van der Waals surface area contributed by atoms with E-state index in [9.17, 15) is 19.5 Å². The Morgan fingerprint density at radius 3 is 2.34 bits per heavy atom. The molecule has 0 bridgehead atoms. The van der Waals surface area contributed by atoms with Crippen LogP contribution in [0.2, 0.25) is 0 Å². The van der Waals surface area contributed by atoms with Gasteiger partial charge in [-0.15, -0.1) is 0 Å². The van der Waals surface area contributed by atoms with Crippen LogP contribution >= 0.6 is 0 Å². The van der Waals surface area contributed by atoms with Gasteiger partial charge in [-0.3, -0.25) is 9.36 Å². The summed E-state index contributed by atoms with van der Waals surface area (Å²) in [5, 5.41) is 9.45. The molecule has 3 rings (SSSR count). The number of carbonyl (C=O) groups excluding carboxylic acids is 1. The molecule has 2 aromatic carbocycles. The first-order valence-corrected chi connectivity index (χ1v) is 11.1. The van der Waals surface area contributed by atoms with Crippen molar-refractivity contribution in [3.63, 3.8) is 0 Å². The second kappa shape index (κ2) is 10.3. The average Bonchev–Trinajstić information content (AvgIpc) is 3.13. The number of benzene rings is 2. The molecule has 0 aliphatic heterocycles.